The molecule has 19 heavy (non-hydrogen) atoms. The van der Waals surface area contributed by atoms with E-state index >= 15 is 0 Å². The molecule has 1 heterocycles. The molecule has 0 atom stereocenters. The lowest BCUT2D eigenvalue weighted by Crippen LogP contribution is -2.16. The zero-order chi connectivity index (χ0) is 14.0. The highest BCUT2D eigenvalue weighted by Crippen LogP contribution is 2.26. The predicted octanol–water partition coefficient (Wildman–Crippen LogP) is 2.94. The van der Waals surface area contributed by atoms with Crippen molar-refractivity contribution in [3.63, 3.8) is 0 Å². The summed E-state index contributed by atoms with van der Waals surface area (Å²) in [6, 6.07) is 5.98. The van der Waals surface area contributed by atoms with Crippen molar-refractivity contribution in [1.29, 1.82) is 0 Å². The highest BCUT2D eigenvalue weighted by Gasteiger charge is 2.31. The van der Waals surface area contributed by atoms with Gasteiger partial charge >= 0.3 is 12.3 Å². The van der Waals surface area contributed by atoms with E-state index in [1.165, 1.54) is 18.2 Å². The molecule has 0 bridgehead atoms. The molecule has 8 heteroatoms. The van der Waals surface area contributed by atoms with Crippen LogP contribution in [0.1, 0.15) is 10.6 Å². The van der Waals surface area contributed by atoms with Gasteiger partial charge in [0.2, 0.25) is 5.76 Å². The summed E-state index contributed by atoms with van der Waals surface area (Å²) in [4.78, 5) is 10.6. The van der Waals surface area contributed by atoms with E-state index in [2.05, 4.69) is 14.4 Å². The van der Waals surface area contributed by atoms with Gasteiger partial charge in [0.25, 0.3) is 0 Å². The Labute approximate surface area is 104 Å². The summed E-state index contributed by atoms with van der Waals surface area (Å²) < 4.78 is 44.1. The number of aromatic nitrogens is 1. The summed E-state index contributed by atoms with van der Waals surface area (Å²) in [6.07, 6.45) is -4.76. The lowest BCUT2D eigenvalue weighted by atomic mass is 10.1. The Bertz CT molecular complexity index is 589. The molecule has 2 rings (SSSR count). The Kier molecular flexibility index (Phi) is 3.16. The van der Waals surface area contributed by atoms with Gasteiger partial charge in [-0.3, -0.25) is 0 Å². The van der Waals surface area contributed by atoms with Crippen LogP contribution >= 0.6 is 0 Å². The maximum atomic E-state index is 11.9. The summed E-state index contributed by atoms with van der Waals surface area (Å²) in [6.45, 7) is 0. The molecule has 0 aliphatic carbocycles. The third-order valence-corrected chi connectivity index (χ3v) is 2.10. The number of carboxylic acid groups (broad SMARTS) is 1. The number of halogens is 3. The molecule has 0 unspecified atom stereocenters. The molecule has 0 aliphatic rings. The molecule has 0 aliphatic heterocycles. The number of benzene rings is 1. The molecule has 2 aromatic rings. The van der Waals surface area contributed by atoms with Gasteiger partial charge in [-0.1, -0.05) is 5.16 Å². The minimum absolute atomic E-state index is 0.205. The van der Waals surface area contributed by atoms with Crippen LogP contribution in [0.4, 0.5) is 13.2 Å². The van der Waals surface area contributed by atoms with E-state index in [9.17, 15) is 18.0 Å². The minimum atomic E-state index is -4.76. The van der Waals surface area contributed by atoms with Crippen LogP contribution in [0.15, 0.2) is 34.9 Å². The number of aromatic carboxylic acids is 1. The zero-order valence-corrected chi connectivity index (χ0v) is 9.14. The van der Waals surface area contributed by atoms with Crippen LogP contribution in [-0.2, 0) is 0 Å². The van der Waals surface area contributed by atoms with Crippen LogP contribution in [0, 0.1) is 0 Å². The van der Waals surface area contributed by atoms with Gasteiger partial charge in [0, 0.05) is 11.6 Å². The molecule has 0 amide bonds. The van der Waals surface area contributed by atoms with Gasteiger partial charge in [0.05, 0.1) is 0 Å². The van der Waals surface area contributed by atoms with E-state index in [-0.39, 0.29) is 17.2 Å². The van der Waals surface area contributed by atoms with Crippen molar-refractivity contribution >= 4 is 5.97 Å². The fourth-order valence-corrected chi connectivity index (χ4v) is 1.34. The first-order valence-electron chi connectivity index (χ1n) is 4.91. The van der Waals surface area contributed by atoms with Gasteiger partial charge in [0.1, 0.15) is 11.4 Å². The van der Waals surface area contributed by atoms with Gasteiger partial charge < -0.3 is 14.4 Å². The van der Waals surface area contributed by atoms with Gasteiger partial charge in [-0.2, -0.15) is 0 Å². The fourth-order valence-electron chi connectivity index (χ4n) is 1.34. The number of carboxylic acids is 1. The van der Waals surface area contributed by atoms with E-state index < -0.39 is 12.3 Å². The highest BCUT2D eigenvalue weighted by atomic mass is 19.4. The normalized spacial score (nSPS) is 11.3. The lowest BCUT2D eigenvalue weighted by Gasteiger charge is -2.08. The third kappa shape index (κ3) is 3.24. The smallest absolute Gasteiger partial charge is 0.475 e. The van der Waals surface area contributed by atoms with Crippen molar-refractivity contribution in [2.75, 3.05) is 0 Å². The number of alkyl halides is 3. The van der Waals surface area contributed by atoms with E-state index in [4.69, 9.17) is 5.11 Å². The number of carbonyl (C=O) groups is 1. The number of nitrogens with zero attached hydrogens (tertiary/aromatic N) is 1. The molecule has 1 aromatic carbocycles. The maximum absolute atomic E-state index is 11.9. The van der Waals surface area contributed by atoms with Crippen molar-refractivity contribution < 1.29 is 32.3 Å². The van der Waals surface area contributed by atoms with Crippen LogP contribution in [-0.4, -0.2) is 22.6 Å². The van der Waals surface area contributed by atoms with Crippen molar-refractivity contribution in [3.8, 4) is 17.0 Å². The molecule has 0 fully saturated rings. The summed E-state index contributed by atoms with van der Waals surface area (Å²) in [7, 11) is 0. The Morgan fingerprint density at radius 1 is 1.26 bits per heavy atom. The largest absolute Gasteiger partial charge is 0.573 e. The average Bonchev–Trinajstić information content (AvgIpc) is 2.77. The van der Waals surface area contributed by atoms with Crippen LogP contribution < -0.4 is 4.74 Å². The summed E-state index contributed by atoms with van der Waals surface area (Å²) >= 11 is 0. The second-order valence-corrected chi connectivity index (χ2v) is 3.45. The molecule has 100 valence electrons. The van der Waals surface area contributed by atoms with E-state index in [0.717, 1.165) is 12.1 Å². The Morgan fingerprint density at radius 2 is 1.89 bits per heavy atom. The average molecular weight is 273 g/mol. The van der Waals surface area contributed by atoms with Crippen LogP contribution in [0.5, 0.6) is 5.75 Å². The summed E-state index contributed by atoms with van der Waals surface area (Å²) in [5.74, 6) is -2.01. The molecular weight excluding hydrogens is 267 g/mol. The van der Waals surface area contributed by atoms with Gasteiger partial charge in [0.15, 0.2) is 0 Å². The van der Waals surface area contributed by atoms with Crippen LogP contribution in [0.3, 0.4) is 0 Å². The van der Waals surface area contributed by atoms with E-state index in [1.54, 1.807) is 0 Å². The minimum Gasteiger partial charge on any atom is -0.475 e. The van der Waals surface area contributed by atoms with Crippen molar-refractivity contribution in [2.24, 2.45) is 0 Å². The Hall–Kier alpha value is -2.51. The molecule has 1 N–H and O–H groups in total. The molecule has 0 spiro atoms. The SMILES string of the molecule is O=C(O)c1cc(-c2ccc(OC(F)(F)F)cc2)no1. The molecule has 1 aromatic heterocycles. The van der Waals surface area contributed by atoms with Gasteiger partial charge in [-0.15, -0.1) is 13.2 Å². The first-order valence-corrected chi connectivity index (χ1v) is 4.91. The first-order chi connectivity index (χ1) is 8.85. The monoisotopic (exact) mass is 273 g/mol. The van der Waals surface area contributed by atoms with Crippen molar-refractivity contribution in [2.45, 2.75) is 6.36 Å². The second kappa shape index (κ2) is 4.63. The topological polar surface area (TPSA) is 72.6 Å². The van der Waals surface area contributed by atoms with Crippen molar-refractivity contribution in [3.05, 3.63) is 36.1 Å². The van der Waals surface area contributed by atoms with Crippen LogP contribution in [0.2, 0.25) is 0 Å². The number of rotatable bonds is 3. The van der Waals surface area contributed by atoms with E-state index in [0.29, 0.717) is 5.56 Å². The number of hydrogen-bond acceptors (Lipinski definition) is 4. The zero-order valence-electron chi connectivity index (χ0n) is 9.14. The number of ether oxygens (including phenoxy) is 1. The maximum Gasteiger partial charge on any atom is 0.573 e. The Balaban J connectivity index is 2.20. The highest BCUT2D eigenvalue weighted by molar-refractivity contribution is 5.85. The predicted molar refractivity (Wildman–Crippen MR) is 55.6 cm³/mol. The molecule has 5 nitrogen and oxygen atoms in total. The summed E-state index contributed by atoms with van der Waals surface area (Å²) in [5.41, 5.74) is 0.613. The van der Waals surface area contributed by atoms with Crippen LogP contribution in [0.25, 0.3) is 11.3 Å². The number of hydrogen-bond donors (Lipinski definition) is 1. The van der Waals surface area contributed by atoms with E-state index in [1.807, 2.05) is 0 Å². The molecule has 0 saturated carbocycles. The fraction of sp³-hybridized carbons (Fsp3) is 0.0909. The molecule has 0 radical (unpaired) electrons. The first kappa shape index (κ1) is 12.9. The third-order valence-electron chi connectivity index (χ3n) is 2.10. The lowest BCUT2D eigenvalue weighted by molar-refractivity contribution is -0.274. The van der Waals surface area contributed by atoms with Gasteiger partial charge in [-0.05, 0) is 24.3 Å². The standard InChI is InChI=1S/C11H6F3NO4/c12-11(13,14)18-7-3-1-6(2-4-7)8-5-9(10(16)17)19-15-8/h1-5H,(H,16,17). The van der Waals surface area contributed by atoms with Gasteiger partial charge in [-0.25, -0.2) is 4.79 Å². The quantitative estimate of drug-likeness (QED) is 0.930. The molecular formula is C11H6F3NO4. The second-order valence-electron chi connectivity index (χ2n) is 3.45. The molecule has 0 saturated heterocycles. The summed E-state index contributed by atoms with van der Waals surface area (Å²) in [5, 5.41) is 12.1. The van der Waals surface area contributed by atoms with Crippen molar-refractivity contribution in [1.82, 2.24) is 5.16 Å². The Morgan fingerprint density at radius 3 is 2.37 bits per heavy atom.